The van der Waals surface area contributed by atoms with Gasteiger partial charge in [-0.1, -0.05) is 12.1 Å². The van der Waals surface area contributed by atoms with Crippen molar-refractivity contribution in [2.45, 2.75) is 39.8 Å². The first kappa shape index (κ1) is 15.0. The van der Waals surface area contributed by atoms with Gasteiger partial charge in [-0.05, 0) is 52.4 Å². The van der Waals surface area contributed by atoms with E-state index in [2.05, 4.69) is 29.4 Å². The summed E-state index contributed by atoms with van der Waals surface area (Å²) in [5, 5.41) is 4.49. The maximum atomic E-state index is 5.69. The first-order valence-corrected chi connectivity index (χ1v) is 7.70. The van der Waals surface area contributed by atoms with Gasteiger partial charge in [-0.2, -0.15) is 0 Å². The summed E-state index contributed by atoms with van der Waals surface area (Å²) in [5.74, 6) is 0.913. The molecule has 1 atom stereocenters. The monoisotopic (exact) mass is 290 g/mol. The topological polar surface area (TPSA) is 34.1 Å². The Balaban J connectivity index is 2.26. The van der Waals surface area contributed by atoms with E-state index in [1.807, 2.05) is 40.0 Å². The Morgan fingerprint density at radius 2 is 1.80 bits per heavy atom. The molecule has 108 valence electrons. The lowest BCUT2D eigenvalue weighted by atomic mass is 10.0. The van der Waals surface area contributed by atoms with E-state index in [-0.39, 0.29) is 12.1 Å². The van der Waals surface area contributed by atoms with Crippen LogP contribution < -0.4 is 10.1 Å². The average Bonchev–Trinajstić information content (AvgIpc) is 2.71. The number of thiazole rings is 1. The molecule has 3 nitrogen and oxygen atoms in total. The molecule has 0 spiro atoms. The van der Waals surface area contributed by atoms with Gasteiger partial charge in [-0.25, -0.2) is 4.98 Å². The molecule has 1 aromatic carbocycles. The van der Waals surface area contributed by atoms with Crippen molar-refractivity contribution in [3.63, 3.8) is 0 Å². The van der Waals surface area contributed by atoms with Crippen LogP contribution >= 0.6 is 11.3 Å². The molecular formula is C16H22N2OS. The van der Waals surface area contributed by atoms with Crippen LogP contribution in [0.4, 0.5) is 0 Å². The fourth-order valence-corrected chi connectivity index (χ4v) is 3.34. The van der Waals surface area contributed by atoms with Crippen LogP contribution in [0, 0.1) is 13.8 Å². The molecule has 20 heavy (non-hydrogen) atoms. The van der Waals surface area contributed by atoms with E-state index in [0.29, 0.717) is 0 Å². The van der Waals surface area contributed by atoms with Gasteiger partial charge in [0.1, 0.15) is 5.75 Å². The first-order chi connectivity index (χ1) is 9.51. The summed E-state index contributed by atoms with van der Waals surface area (Å²) in [5.41, 5.74) is 2.34. The van der Waals surface area contributed by atoms with Gasteiger partial charge in [0.15, 0.2) is 0 Å². The fourth-order valence-electron chi connectivity index (χ4n) is 2.28. The molecule has 2 aromatic rings. The molecule has 0 radical (unpaired) electrons. The van der Waals surface area contributed by atoms with Gasteiger partial charge in [0.05, 0.1) is 22.8 Å². The van der Waals surface area contributed by atoms with Crippen LogP contribution in [0.5, 0.6) is 5.75 Å². The van der Waals surface area contributed by atoms with E-state index in [4.69, 9.17) is 4.74 Å². The van der Waals surface area contributed by atoms with Crippen LogP contribution in [-0.4, -0.2) is 18.1 Å². The Labute approximate surface area is 125 Å². The maximum absolute atomic E-state index is 5.69. The van der Waals surface area contributed by atoms with Gasteiger partial charge in [-0.15, -0.1) is 11.3 Å². The van der Waals surface area contributed by atoms with Crippen LogP contribution in [-0.2, 0) is 0 Å². The second kappa shape index (κ2) is 6.37. The van der Waals surface area contributed by atoms with Crippen molar-refractivity contribution in [3.8, 4) is 5.75 Å². The summed E-state index contributed by atoms with van der Waals surface area (Å²) in [6, 6.07) is 8.49. The summed E-state index contributed by atoms with van der Waals surface area (Å²) in [4.78, 5) is 5.80. The van der Waals surface area contributed by atoms with Gasteiger partial charge in [-0.3, -0.25) is 0 Å². The lowest BCUT2D eigenvalue weighted by Crippen LogP contribution is -2.17. The molecule has 0 aliphatic carbocycles. The third-order valence-corrected chi connectivity index (χ3v) is 4.21. The third kappa shape index (κ3) is 3.38. The minimum Gasteiger partial charge on any atom is -0.491 e. The quantitative estimate of drug-likeness (QED) is 0.908. The number of nitrogens with zero attached hydrogens (tertiary/aromatic N) is 1. The molecule has 2 rings (SSSR count). The van der Waals surface area contributed by atoms with Crippen molar-refractivity contribution in [3.05, 3.63) is 45.4 Å². The van der Waals surface area contributed by atoms with Crippen molar-refractivity contribution in [2.24, 2.45) is 0 Å². The Bertz CT molecular complexity index is 560. The molecule has 0 fully saturated rings. The number of aryl methyl sites for hydroxylation is 2. The van der Waals surface area contributed by atoms with Crippen LogP contribution in [0.1, 0.15) is 41.0 Å². The molecule has 0 saturated heterocycles. The van der Waals surface area contributed by atoms with Crippen LogP contribution in [0.3, 0.4) is 0 Å². The Hall–Kier alpha value is -1.39. The van der Waals surface area contributed by atoms with Gasteiger partial charge >= 0.3 is 0 Å². The Morgan fingerprint density at radius 1 is 1.15 bits per heavy atom. The van der Waals surface area contributed by atoms with Crippen LogP contribution in [0.2, 0.25) is 0 Å². The summed E-state index contributed by atoms with van der Waals surface area (Å²) in [6.07, 6.45) is 0.201. The van der Waals surface area contributed by atoms with Crippen molar-refractivity contribution >= 4 is 11.3 Å². The van der Waals surface area contributed by atoms with Gasteiger partial charge < -0.3 is 10.1 Å². The van der Waals surface area contributed by atoms with Crippen molar-refractivity contribution < 1.29 is 4.74 Å². The summed E-state index contributed by atoms with van der Waals surface area (Å²) in [6.45, 7) is 8.19. The van der Waals surface area contributed by atoms with E-state index in [1.54, 1.807) is 11.3 Å². The molecule has 0 aliphatic rings. The minimum atomic E-state index is 0.189. The maximum Gasteiger partial charge on any atom is 0.119 e. The number of nitrogens with one attached hydrogen (secondary N) is 1. The highest BCUT2D eigenvalue weighted by Gasteiger charge is 2.17. The molecule has 1 heterocycles. The number of hydrogen-bond donors (Lipinski definition) is 1. The zero-order chi connectivity index (χ0) is 14.7. The fraction of sp³-hybridized carbons (Fsp3) is 0.438. The summed E-state index contributed by atoms with van der Waals surface area (Å²) >= 11 is 1.75. The number of rotatable bonds is 5. The largest absolute Gasteiger partial charge is 0.491 e. The number of hydrogen-bond acceptors (Lipinski definition) is 4. The zero-order valence-electron chi connectivity index (χ0n) is 12.7. The standard InChI is InChI=1S/C16H22N2OS/c1-10(2)19-14-8-6-13(7-9-14)15(17-5)16-11(3)18-12(4)20-16/h6-10,15,17H,1-5H3. The van der Waals surface area contributed by atoms with Crippen molar-refractivity contribution in [1.82, 2.24) is 10.3 Å². The summed E-state index contributed by atoms with van der Waals surface area (Å²) < 4.78 is 5.69. The molecule has 0 saturated carbocycles. The second-order valence-corrected chi connectivity index (χ2v) is 6.37. The molecule has 1 aromatic heterocycles. The third-order valence-electron chi connectivity index (χ3n) is 3.08. The number of benzene rings is 1. The molecule has 0 bridgehead atoms. The molecule has 1 N–H and O–H groups in total. The lowest BCUT2D eigenvalue weighted by Gasteiger charge is -2.17. The second-order valence-electron chi connectivity index (χ2n) is 5.14. The molecule has 1 unspecified atom stereocenters. The van der Waals surface area contributed by atoms with Crippen LogP contribution in [0.15, 0.2) is 24.3 Å². The zero-order valence-corrected chi connectivity index (χ0v) is 13.5. The molecule has 4 heteroatoms. The summed E-state index contributed by atoms with van der Waals surface area (Å²) in [7, 11) is 1.98. The average molecular weight is 290 g/mol. The van der Waals surface area contributed by atoms with Crippen LogP contribution in [0.25, 0.3) is 0 Å². The first-order valence-electron chi connectivity index (χ1n) is 6.89. The normalized spacial score (nSPS) is 12.7. The highest BCUT2D eigenvalue weighted by Crippen LogP contribution is 2.30. The van der Waals surface area contributed by atoms with Crippen molar-refractivity contribution in [1.29, 1.82) is 0 Å². The van der Waals surface area contributed by atoms with Gasteiger partial charge in [0.2, 0.25) is 0 Å². The van der Waals surface area contributed by atoms with Gasteiger partial charge in [0, 0.05) is 4.88 Å². The molecule has 0 aliphatic heterocycles. The van der Waals surface area contributed by atoms with E-state index < -0.39 is 0 Å². The van der Waals surface area contributed by atoms with E-state index in [1.165, 1.54) is 10.4 Å². The van der Waals surface area contributed by atoms with Crippen molar-refractivity contribution in [2.75, 3.05) is 7.05 Å². The minimum absolute atomic E-state index is 0.189. The Kier molecular flexibility index (Phi) is 4.78. The molecular weight excluding hydrogens is 268 g/mol. The molecule has 0 amide bonds. The number of aromatic nitrogens is 1. The SMILES string of the molecule is CNC(c1ccc(OC(C)C)cc1)c1sc(C)nc1C. The van der Waals surface area contributed by atoms with Gasteiger partial charge in [0.25, 0.3) is 0 Å². The van der Waals surface area contributed by atoms with E-state index >= 15 is 0 Å². The highest BCUT2D eigenvalue weighted by molar-refractivity contribution is 7.11. The number of ether oxygens (including phenoxy) is 1. The lowest BCUT2D eigenvalue weighted by molar-refractivity contribution is 0.242. The van der Waals surface area contributed by atoms with E-state index in [0.717, 1.165) is 16.5 Å². The Morgan fingerprint density at radius 3 is 2.25 bits per heavy atom. The van der Waals surface area contributed by atoms with E-state index in [9.17, 15) is 0 Å². The highest BCUT2D eigenvalue weighted by atomic mass is 32.1. The predicted molar refractivity (Wildman–Crippen MR) is 84.7 cm³/mol. The smallest absolute Gasteiger partial charge is 0.119 e. The predicted octanol–water partition coefficient (Wildman–Crippen LogP) is 3.86.